The van der Waals surface area contributed by atoms with E-state index in [0.29, 0.717) is 29.3 Å². The molecule has 0 N–H and O–H groups in total. The lowest BCUT2D eigenvalue weighted by molar-refractivity contribution is 0.286. The van der Waals surface area contributed by atoms with E-state index in [1.54, 1.807) is 18.2 Å². The summed E-state index contributed by atoms with van der Waals surface area (Å²) in [6.45, 7) is 3.03. The number of rotatable bonds is 7. The molecule has 26 heavy (non-hydrogen) atoms. The van der Waals surface area contributed by atoms with Crippen LogP contribution >= 0.6 is 0 Å². The van der Waals surface area contributed by atoms with Crippen LogP contribution < -0.4 is 4.74 Å². The van der Waals surface area contributed by atoms with Crippen molar-refractivity contribution in [2.24, 2.45) is 0 Å². The molecule has 0 bridgehead atoms. The van der Waals surface area contributed by atoms with E-state index < -0.39 is 0 Å². The molecule has 0 saturated carbocycles. The zero-order chi connectivity index (χ0) is 18.9. The number of nitriles is 2. The van der Waals surface area contributed by atoms with Crippen molar-refractivity contribution in [3.8, 4) is 30.2 Å². The SMILES string of the molecule is C#CCN(C)[C@H](C)Cc1ccc(OCc2cccc(C#N)c2C#N)cc1. The second-order valence-electron chi connectivity index (χ2n) is 6.17. The highest BCUT2D eigenvalue weighted by Crippen LogP contribution is 2.19. The first-order chi connectivity index (χ1) is 12.6. The zero-order valence-corrected chi connectivity index (χ0v) is 15.1. The Morgan fingerprint density at radius 3 is 2.46 bits per heavy atom. The van der Waals surface area contributed by atoms with E-state index in [-0.39, 0.29) is 6.61 Å². The van der Waals surface area contributed by atoms with Gasteiger partial charge in [-0.1, -0.05) is 30.2 Å². The van der Waals surface area contributed by atoms with Gasteiger partial charge in [0.2, 0.25) is 0 Å². The number of nitrogens with zero attached hydrogens (tertiary/aromatic N) is 3. The molecule has 0 aliphatic carbocycles. The molecule has 0 aliphatic rings. The Morgan fingerprint density at radius 2 is 1.85 bits per heavy atom. The Labute approximate surface area is 155 Å². The summed E-state index contributed by atoms with van der Waals surface area (Å²) in [7, 11) is 2.02. The summed E-state index contributed by atoms with van der Waals surface area (Å²) >= 11 is 0. The molecule has 0 heterocycles. The van der Waals surface area contributed by atoms with Crippen molar-refractivity contribution in [3.05, 3.63) is 64.7 Å². The van der Waals surface area contributed by atoms with Crippen LogP contribution in [0, 0.1) is 35.0 Å². The maximum absolute atomic E-state index is 9.26. The summed E-state index contributed by atoms with van der Waals surface area (Å²) in [5, 5.41) is 18.3. The van der Waals surface area contributed by atoms with Gasteiger partial charge in [-0.05, 0) is 44.2 Å². The Kier molecular flexibility index (Phi) is 6.81. The number of benzene rings is 2. The van der Waals surface area contributed by atoms with Crippen molar-refractivity contribution in [1.29, 1.82) is 10.5 Å². The van der Waals surface area contributed by atoms with Gasteiger partial charge in [-0.2, -0.15) is 10.5 Å². The summed E-state index contributed by atoms with van der Waals surface area (Å²) in [5.41, 5.74) is 2.66. The van der Waals surface area contributed by atoms with E-state index in [1.165, 1.54) is 5.56 Å². The van der Waals surface area contributed by atoms with E-state index in [2.05, 4.69) is 23.8 Å². The number of ether oxygens (including phenoxy) is 1. The molecule has 0 saturated heterocycles. The van der Waals surface area contributed by atoms with Gasteiger partial charge in [-0.25, -0.2) is 0 Å². The van der Waals surface area contributed by atoms with E-state index >= 15 is 0 Å². The molecule has 0 fully saturated rings. The van der Waals surface area contributed by atoms with Gasteiger partial charge < -0.3 is 4.74 Å². The van der Waals surface area contributed by atoms with Gasteiger partial charge in [0.1, 0.15) is 24.5 Å². The molecule has 0 spiro atoms. The van der Waals surface area contributed by atoms with Gasteiger partial charge >= 0.3 is 0 Å². The maximum atomic E-state index is 9.26. The molecule has 2 rings (SSSR count). The maximum Gasteiger partial charge on any atom is 0.119 e. The first-order valence-corrected chi connectivity index (χ1v) is 8.36. The molecule has 0 aliphatic heterocycles. The van der Waals surface area contributed by atoms with Gasteiger partial charge in [0.25, 0.3) is 0 Å². The van der Waals surface area contributed by atoms with Crippen LogP contribution in [0.1, 0.15) is 29.2 Å². The molecule has 2 aromatic carbocycles. The fourth-order valence-corrected chi connectivity index (χ4v) is 2.63. The first-order valence-electron chi connectivity index (χ1n) is 8.36. The molecular formula is C22H21N3O. The smallest absolute Gasteiger partial charge is 0.119 e. The number of hydrogen-bond acceptors (Lipinski definition) is 4. The van der Waals surface area contributed by atoms with Gasteiger partial charge in [-0.15, -0.1) is 6.42 Å². The second kappa shape index (κ2) is 9.28. The average Bonchev–Trinajstić information content (AvgIpc) is 2.67. The summed E-state index contributed by atoms with van der Waals surface area (Å²) < 4.78 is 5.78. The highest BCUT2D eigenvalue weighted by atomic mass is 16.5. The van der Waals surface area contributed by atoms with Crippen molar-refractivity contribution in [1.82, 2.24) is 4.90 Å². The number of terminal acetylenes is 1. The summed E-state index contributed by atoms with van der Waals surface area (Å²) in [6, 6.07) is 17.6. The molecule has 4 nitrogen and oxygen atoms in total. The van der Waals surface area contributed by atoms with E-state index in [9.17, 15) is 5.26 Å². The number of likely N-dealkylation sites (N-methyl/N-ethyl adjacent to an activating group) is 1. The minimum atomic E-state index is 0.249. The van der Waals surface area contributed by atoms with Crippen molar-refractivity contribution < 1.29 is 4.74 Å². The van der Waals surface area contributed by atoms with Crippen LogP contribution in [0.2, 0.25) is 0 Å². The molecule has 0 radical (unpaired) electrons. The lowest BCUT2D eigenvalue weighted by Crippen LogP contribution is -2.31. The van der Waals surface area contributed by atoms with Crippen molar-refractivity contribution in [3.63, 3.8) is 0 Å². The summed E-state index contributed by atoms with van der Waals surface area (Å²) in [4.78, 5) is 2.13. The van der Waals surface area contributed by atoms with Gasteiger partial charge in [0.15, 0.2) is 0 Å². The molecule has 1 atom stereocenters. The van der Waals surface area contributed by atoms with Gasteiger partial charge in [-0.3, -0.25) is 4.90 Å². The third-order valence-corrected chi connectivity index (χ3v) is 4.32. The van der Waals surface area contributed by atoms with Crippen LogP contribution in [0.3, 0.4) is 0 Å². The zero-order valence-electron chi connectivity index (χ0n) is 15.1. The Hall–Kier alpha value is -3.26. The van der Waals surface area contributed by atoms with Crippen LogP contribution in [-0.4, -0.2) is 24.5 Å². The lowest BCUT2D eigenvalue weighted by atomic mass is 10.0. The Balaban J connectivity index is 2.00. The average molecular weight is 343 g/mol. The predicted molar refractivity (Wildman–Crippen MR) is 101 cm³/mol. The largest absolute Gasteiger partial charge is 0.489 e. The Morgan fingerprint density at radius 1 is 1.12 bits per heavy atom. The Bertz CT molecular complexity index is 866. The fraction of sp³-hybridized carbons (Fsp3) is 0.273. The van der Waals surface area contributed by atoms with Crippen LogP contribution in [0.5, 0.6) is 5.75 Å². The van der Waals surface area contributed by atoms with Gasteiger partial charge in [0.05, 0.1) is 17.7 Å². The lowest BCUT2D eigenvalue weighted by Gasteiger charge is -2.22. The van der Waals surface area contributed by atoms with E-state index in [4.69, 9.17) is 16.4 Å². The third kappa shape index (κ3) is 4.87. The van der Waals surface area contributed by atoms with Crippen molar-refractivity contribution >= 4 is 0 Å². The summed E-state index contributed by atoms with van der Waals surface area (Å²) in [6.07, 6.45) is 6.26. The molecule has 2 aromatic rings. The van der Waals surface area contributed by atoms with E-state index in [0.717, 1.165) is 12.2 Å². The van der Waals surface area contributed by atoms with Gasteiger partial charge in [0, 0.05) is 11.6 Å². The standard InChI is InChI=1S/C22H21N3O/c1-4-12-25(3)17(2)13-18-8-10-21(11-9-18)26-16-20-7-5-6-19(14-23)22(20)15-24/h1,5-11,17H,12-13,16H2,2-3H3/t17-/m1/s1. The quantitative estimate of drug-likeness (QED) is 0.722. The third-order valence-electron chi connectivity index (χ3n) is 4.32. The fourth-order valence-electron chi connectivity index (χ4n) is 2.63. The monoisotopic (exact) mass is 343 g/mol. The van der Waals surface area contributed by atoms with Crippen LogP contribution in [0.15, 0.2) is 42.5 Å². The molecular weight excluding hydrogens is 322 g/mol. The van der Waals surface area contributed by atoms with Crippen LogP contribution in [-0.2, 0) is 13.0 Å². The summed E-state index contributed by atoms with van der Waals surface area (Å²) in [5.74, 6) is 3.38. The normalized spacial score (nSPS) is 11.2. The molecule has 0 amide bonds. The first kappa shape index (κ1) is 19.1. The highest BCUT2D eigenvalue weighted by molar-refractivity contribution is 5.50. The topological polar surface area (TPSA) is 60.0 Å². The number of hydrogen-bond donors (Lipinski definition) is 0. The molecule has 4 heteroatoms. The minimum Gasteiger partial charge on any atom is -0.489 e. The highest BCUT2D eigenvalue weighted by Gasteiger charge is 2.10. The van der Waals surface area contributed by atoms with Crippen LogP contribution in [0.25, 0.3) is 0 Å². The molecule has 0 aromatic heterocycles. The second-order valence-corrected chi connectivity index (χ2v) is 6.17. The van der Waals surface area contributed by atoms with Crippen molar-refractivity contribution in [2.45, 2.75) is 26.0 Å². The predicted octanol–water partition coefficient (Wildman–Crippen LogP) is 3.50. The van der Waals surface area contributed by atoms with Crippen LogP contribution in [0.4, 0.5) is 0 Å². The molecule has 0 unspecified atom stereocenters. The molecule has 130 valence electrons. The van der Waals surface area contributed by atoms with E-state index in [1.807, 2.05) is 37.4 Å². The minimum absolute atomic E-state index is 0.249. The van der Waals surface area contributed by atoms with Crippen molar-refractivity contribution in [2.75, 3.05) is 13.6 Å².